The monoisotopic (exact) mass is 365 g/mol. The predicted octanol–water partition coefficient (Wildman–Crippen LogP) is 3.16. The Bertz CT molecular complexity index is 748. The molecule has 0 aliphatic heterocycles. The zero-order valence-corrected chi connectivity index (χ0v) is 14.6. The Labute approximate surface area is 150 Å². The number of anilines is 1. The predicted molar refractivity (Wildman–Crippen MR) is 96.4 cm³/mol. The van der Waals surface area contributed by atoms with Gasteiger partial charge < -0.3 is 11.1 Å². The average molecular weight is 366 g/mol. The van der Waals surface area contributed by atoms with E-state index < -0.39 is 5.91 Å². The molecule has 5 nitrogen and oxygen atoms in total. The molecule has 2 amide bonds. The average Bonchev–Trinajstić information content (AvgIpc) is 2.52. The Hall–Kier alpha value is -2.08. The molecule has 0 spiro atoms. The van der Waals surface area contributed by atoms with Gasteiger partial charge in [0.05, 0.1) is 16.6 Å². The van der Waals surface area contributed by atoms with E-state index in [1.807, 2.05) is 24.1 Å². The fourth-order valence-electron chi connectivity index (χ4n) is 2.18. The van der Waals surface area contributed by atoms with Crippen molar-refractivity contribution in [1.29, 1.82) is 0 Å². The molecule has 2 aromatic carbocycles. The van der Waals surface area contributed by atoms with E-state index in [0.717, 1.165) is 5.56 Å². The van der Waals surface area contributed by atoms with E-state index in [4.69, 9.17) is 28.9 Å². The summed E-state index contributed by atoms with van der Waals surface area (Å²) in [6.07, 6.45) is 0. The molecule has 0 saturated carbocycles. The molecular weight excluding hydrogens is 349 g/mol. The lowest BCUT2D eigenvalue weighted by Gasteiger charge is -2.17. The summed E-state index contributed by atoms with van der Waals surface area (Å²) in [5.74, 6) is -0.687. The minimum atomic E-state index is -0.508. The van der Waals surface area contributed by atoms with E-state index in [1.54, 1.807) is 30.3 Å². The molecular formula is C17H17Cl2N3O2. The fourth-order valence-corrected chi connectivity index (χ4v) is 2.56. The summed E-state index contributed by atoms with van der Waals surface area (Å²) in [7, 11) is 1.81. The van der Waals surface area contributed by atoms with Crippen LogP contribution in [0.1, 0.15) is 15.9 Å². The Morgan fingerprint density at radius 1 is 1.12 bits per heavy atom. The van der Waals surface area contributed by atoms with Gasteiger partial charge in [0.15, 0.2) is 0 Å². The van der Waals surface area contributed by atoms with E-state index in [-0.39, 0.29) is 12.5 Å². The van der Waals surface area contributed by atoms with Crippen molar-refractivity contribution in [1.82, 2.24) is 4.90 Å². The van der Waals surface area contributed by atoms with Gasteiger partial charge in [0.1, 0.15) is 0 Å². The first kappa shape index (κ1) is 18.3. The van der Waals surface area contributed by atoms with Crippen LogP contribution < -0.4 is 11.1 Å². The van der Waals surface area contributed by atoms with Gasteiger partial charge in [-0.2, -0.15) is 0 Å². The zero-order chi connectivity index (χ0) is 17.7. The van der Waals surface area contributed by atoms with Crippen LogP contribution in [0.3, 0.4) is 0 Å². The summed E-state index contributed by atoms with van der Waals surface area (Å²) in [4.78, 5) is 24.9. The maximum absolute atomic E-state index is 12.1. The molecule has 7 heteroatoms. The van der Waals surface area contributed by atoms with Gasteiger partial charge in [0, 0.05) is 17.8 Å². The number of hydrogen-bond donors (Lipinski definition) is 2. The summed E-state index contributed by atoms with van der Waals surface area (Å²) in [6, 6.07) is 11.8. The van der Waals surface area contributed by atoms with Gasteiger partial charge in [0.25, 0.3) is 0 Å². The van der Waals surface area contributed by atoms with Crippen molar-refractivity contribution < 1.29 is 9.59 Å². The summed E-state index contributed by atoms with van der Waals surface area (Å²) in [5.41, 5.74) is 7.01. The van der Waals surface area contributed by atoms with Crippen LogP contribution in [0.4, 0.5) is 5.69 Å². The minimum absolute atomic E-state index is 0.178. The highest BCUT2D eigenvalue weighted by Gasteiger charge is 2.11. The van der Waals surface area contributed by atoms with Crippen LogP contribution in [0.15, 0.2) is 42.5 Å². The first-order valence-corrected chi connectivity index (χ1v) is 7.93. The summed E-state index contributed by atoms with van der Waals surface area (Å²) in [6.45, 7) is 0.674. The second-order valence-corrected chi connectivity index (χ2v) is 6.16. The van der Waals surface area contributed by atoms with Crippen LogP contribution in [-0.4, -0.2) is 30.3 Å². The summed E-state index contributed by atoms with van der Waals surface area (Å²) in [5, 5.41) is 3.74. The smallest absolute Gasteiger partial charge is 0.248 e. The highest BCUT2D eigenvalue weighted by atomic mass is 35.5. The second-order valence-electron chi connectivity index (χ2n) is 5.38. The first-order chi connectivity index (χ1) is 11.4. The standard InChI is InChI=1S/C17H17Cl2N3O2/c1-22(9-12-3-2-4-14(18)16(12)19)10-15(23)21-13-7-5-11(6-8-13)17(20)24/h2-8H,9-10H2,1H3,(H2,20,24)(H,21,23). The van der Waals surface area contributed by atoms with Gasteiger partial charge in [-0.1, -0.05) is 35.3 Å². The molecule has 0 aliphatic rings. The SMILES string of the molecule is CN(CC(=O)Nc1ccc(C(N)=O)cc1)Cc1cccc(Cl)c1Cl. The number of hydrogen-bond acceptors (Lipinski definition) is 3. The molecule has 0 atom stereocenters. The van der Waals surface area contributed by atoms with E-state index in [2.05, 4.69) is 5.32 Å². The number of likely N-dealkylation sites (N-methyl/N-ethyl adjacent to an activating group) is 1. The molecule has 0 radical (unpaired) electrons. The number of nitrogens with one attached hydrogen (secondary N) is 1. The van der Waals surface area contributed by atoms with Gasteiger partial charge in [0.2, 0.25) is 11.8 Å². The van der Waals surface area contributed by atoms with Crippen molar-refractivity contribution in [2.75, 3.05) is 18.9 Å². The van der Waals surface area contributed by atoms with Crippen LogP contribution in [0.5, 0.6) is 0 Å². The quantitative estimate of drug-likeness (QED) is 0.825. The lowest BCUT2D eigenvalue weighted by atomic mass is 10.2. The number of nitrogens with zero attached hydrogens (tertiary/aromatic N) is 1. The Morgan fingerprint density at radius 3 is 2.42 bits per heavy atom. The molecule has 126 valence electrons. The van der Waals surface area contributed by atoms with Gasteiger partial charge >= 0.3 is 0 Å². The van der Waals surface area contributed by atoms with Crippen LogP contribution in [0, 0.1) is 0 Å². The lowest BCUT2D eigenvalue weighted by molar-refractivity contribution is -0.117. The molecule has 0 bridgehead atoms. The lowest BCUT2D eigenvalue weighted by Crippen LogP contribution is -2.30. The van der Waals surface area contributed by atoms with Gasteiger partial charge in [-0.15, -0.1) is 0 Å². The van der Waals surface area contributed by atoms with Crippen LogP contribution in [0.25, 0.3) is 0 Å². The third-order valence-electron chi connectivity index (χ3n) is 3.34. The van der Waals surface area contributed by atoms with Gasteiger partial charge in [-0.05, 0) is 42.9 Å². The van der Waals surface area contributed by atoms with Crippen LogP contribution >= 0.6 is 23.2 Å². The summed E-state index contributed by atoms with van der Waals surface area (Å²) >= 11 is 12.1. The number of carbonyl (C=O) groups is 2. The zero-order valence-electron chi connectivity index (χ0n) is 13.1. The molecule has 2 rings (SSSR count). The van der Waals surface area contributed by atoms with E-state index in [1.165, 1.54) is 0 Å². The van der Waals surface area contributed by atoms with Crippen molar-refractivity contribution in [3.05, 3.63) is 63.6 Å². The molecule has 2 aromatic rings. The van der Waals surface area contributed by atoms with E-state index >= 15 is 0 Å². The topological polar surface area (TPSA) is 75.4 Å². The van der Waals surface area contributed by atoms with Crippen molar-refractivity contribution in [2.24, 2.45) is 5.73 Å². The van der Waals surface area contributed by atoms with E-state index in [9.17, 15) is 9.59 Å². The molecule has 0 heterocycles. The Kier molecular flexibility index (Phi) is 6.20. The number of primary amides is 1. The molecule has 24 heavy (non-hydrogen) atoms. The highest BCUT2D eigenvalue weighted by Crippen LogP contribution is 2.26. The van der Waals surface area contributed by atoms with Crippen LogP contribution in [0.2, 0.25) is 10.0 Å². The molecule has 0 unspecified atom stereocenters. The van der Waals surface area contributed by atoms with Gasteiger partial charge in [-0.25, -0.2) is 0 Å². The third kappa shape index (κ3) is 4.96. The molecule has 0 aliphatic carbocycles. The maximum atomic E-state index is 12.1. The molecule has 0 saturated heterocycles. The fraction of sp³-hybridized carbons (Fsp3) is 0.176. The highest BCUT2D eigenvalue weighted by molar-refractivity contribution is 6.42. The molecule has 0 fully saturated rings. The van der Waals surface area contributed by atoms with Crippen molar-refractivity contribution >= 4 is 40.7 Å². The van der Waals surface area contributed by atoms with Gasteiger partial charge in [-0.3, -0.25) is 14.5 Å². The molecule has 3 N–H and O–H groups in total. The largest absolute Gasteiger partial charge is 0.366 e. The third-order valence-corrected chi connectivity index (χ3v) is 4.20. The van der Waals surface area contributed by atoms with Crippen molar-refractivity contribution in [3.8, 4) is 0 Å². The number of halogens is 2. The number of nitrogens with two attached hydrogens (primary N) is 1. The van der Waals surface area contributed by atoms with E-state index in [0.29, 0.717) is 27.8 Å². The number of carbonyl (C=O) groups excluding carboxylic acids is 2. The molecule has 0 aromatic heterocycles. The number of rotatable bonds is 6. The number of amides is 2. The Balaban J connectivity index is 1.91. The first-order valence-electron chi connectivity index (χ1n) is 7.18. The minimum Gasteiger partial charge on any atom is -0.366 e. The van der Waals surface area contributed by atoms with Crippen molar-refractivity contribution in [3.63, 3.8) is 0 Å². The summed E-state index contributed by atoms with van der Waals surface area (Å²) < 4.78 is 0. The number of benzene rings is 2. The Morgan fingerprint density at radius 2 is 1.79 bits per heavy atom. The van der Waals surface area contributed by atoms with Crippen molar-refractivity contribution in [2.45, 2.75) is 6.54 Å². The maximum Gasteiger partial charge on any atom is 0.248 e. The van der Waals surface area contributed by atoms with Crippen LogP contribution in [-0.2, 0) is 11.3 Å². The normalized spacial score (nSPS) is 10.7. The second kappa shape index (κ2) is 8.15.